The van der Waals surface area contributed by atoms with E-state index in [1.54, 1.807) is 6.92 Å². The van der Waals surface area contributed by atoms with Gasteiger partial charge in [0.25, 0.3) is 0 Å². The van der Waals surface area contributed by atoms with E-state index in [9.17, 15) is 4.79 Å². The second kappa shape index (κ2) is 5.13. The molecule has 0 radical (unpaired) electrons. The van der Waals surface area contributed by atoms with Gasteiger partial charge >= 0.3 is 5.97 Å². The maximum Gasteiger partial charge on any atom is 0.313 e. The molecule has 1 unspecified atom stereocenters. The van der Waals surface area contributed by atoms with Crippen LogP contribution in [0.3, 0.4) is 0 Å². The Bertz CT molecular complexity index is 819. The van der Waals surface area contributed by atoms with Crippen LogP contribution in [0, 0.1) is 0 Å². The Morgan fingerprint density at radius 1 is 1.19 bits per heavy atom. The quantitative estimate of drug-likeness (QED) is 0.586. The lowest BCUT2D eigenvalue weighted by Gasteiger charge is -2.10. The number of anilines is 1. The van der Waals surface area contributed by atoms with Crippen molar-refractivity contribution >= 4 is 33.6 Å². The first-order valence-electron chi connectivity index (χ1n) is 6.98. The first kappa shape index (κ1) is 13.5. The fourth-order valence-corrected chi connectivity index (χ4v) is 2.48. The fraction of sp³-hybridized carbons (Fsp3) is 0.235. The Balaban J connectivity index is 2.08. The van der Waals surface area contributed by atoms with Crippen molar-refractivity contribution in [1.82, 2.24) is 0 Å². The predicted octanol–water partition coefficient (Wildman–Crippen LogP) is 3.83. The molecule has 0 bridgehead atoms. The summed E-state index contributed by atoms with van der Waals surface area (Å²) in [5.74, 6) is -0.537. The van der Waals surface area contributed by atoms with Crippen LogP contribution in [0.25, 0.3) is 21.9 Å². The highest BCUT2D eigenvalue weighted by Crippen LogP contribution is 2.32. The van der Waals surface area contributed by atoms with Crippen molar-refractivity contribution in [3.63, 3.8) is 0 Å². The molecule has 21 heavy (non-hydrogen) atoms. The monoisotopic (exact) mass is 283 g/mol. The lowest BCUT2D eigenvalue weighted by atomic mass is 10.00. The molecule has 0 fully saturated rings. The summed E-state index contributed by atoms with van der Waals surface area (Å²) < 4.78 is 10.9. The summed E-state index contributed by atoms with van der Waals surface area (Å²) in [7, 11) is 0. The van der Waals surface area contributed by atoms with E-state index in [-0.39, 0.29) is 11.9 Å². The smallest absolute Gasteiger partial charge is 0.313 e. The van der Waals surface area contributed by atoms with Gasteiger partial charge in [0.05, 0.1) is 12.5 Å². The SMILES string of the molecule is CCOC(=O)C(C)c1ccc2c(c1)oc1ccc(N)cc12. The number of carbonyl (C=O) groups is 1. The summed E-state index contributed by atoms with van der Waals surface area (Å²) in [5, 5.41) is 1.98. The molecule has 1 atom stereocenters. The molecule has 0 aliphatic rings. The molecule has 0 aliphatic carbocycles. The molecular weight excluding hydrogens is 266 g/mol. The number of hydrogen-bond donors (Lipinski definition) is 1. The molecule has 0 spiro atoms. The molecule has 3 rings (SSSR count). The number of furan rings is 1. The van der Waals surface area contributed by atoms with Crippen LogP contribution in [0.5, 0.6) is 0 Å². The number of esters is 1. The van der Waals surface area contributed by atoms with Crippen molar-refractivity contribution in [3.8, 4) is 0 Å². The number of hydrogen-bond acceptors (Lipinski definition) is 4. The van der Waals surface area contributed by atoms with Gasteiger partial charge in [-0.25, -0.2) is 0 Å². The van der Waals surface area contributed by atoms with Crippen LogP contribution in [-0.4, -0.2) is 12.6 Å². The number of benzene rings is 2. The van der Waals surface area contributed by atoms with Gasteiger partial charge in [-0.15, -0.1) is 0 Å². The fourth-order valence-electron chi connectivity index (χ4n) is 2.48. The van der Waals surface area contributed by atoms with Crippen LogP contribution in [0.15, 0.2) is 40.8 Å². The Kier molecular flexibility index (Phi) is 3.29. The lowest BCUT2D eigenvalue weighted by Crippen LogP contribution is -2.12. The second-order valence-electron chi connectivity index (χ2n) is 5.09. The van der Waals surface area contributed by atoms with Crippen molar-refractivity contribution < 1.29 is 13.9 Å². The number of ether oxygens (including phenoxy) is 1. The largest absolute Gasteiger partial charge is 0.466 e. The maximum absolute atomic E-state index is 11.8. The molecule has 2 aromatic carbocycles. The topological polar surface area (TPSA) is 65.5 Å². The van der Waals surface area contributed by atoms with E-state index >= 15 is 0 Å². The van der Waals surface area contributed by atoms with Crippen LogP contribution in [0.1, 0.15) is 25.3 Å². The lowest BCUT2D eigenvalue weighted by molar-refractivity contribution is -0.144. The minimum Gasteiger partial charge on any atom is -0.466 e. The van der Waals surface area contributed by atoms with Crippen molar-refractivity contribution in [2.24, 2.45) is 0 Å². The van der Waals surface area contributed by atoms with Gasteiger partial charge in [-0.05, 0) is 43.7 Å². The number of carbonyl (C=O) groups excluding carboxylic acids is 1. The zero-order valence-corrected chi connectivity index (χ0v) is 12.1. The first-order chi connectivity index (χ1) is 10.1. The molecule has 0 saturated heterocycles. The van der Waals surface area contributed by atoms with E-state index < -0.39 is 0 Å². The third-order valence-electron chi connectivity index (χ3n) is 3.66. The molecule has 4 nitrogen and oxygen atoms in total. The first-order valence-corrected chi connectivity index (χ1v) is 6.98. The average molecular weight is 283 g/mol. The van der Waals surface area contributed by atoms with Crippen LogP contribution in [0.4, 0.5) is 5.69 Å². The Labute approximate surface area is 122 Å². The van der Waals surface area contributed by atoms with Gasteiger partial charge in [-0.3, -0.25) is 4.79 Å². The number of rotatable bonds is 3. The van der Waals surface area contributed by atoms with Crippen LogP contribution in [0.2, 0.25) is 0 Å². The number of fused-ring (bicyclic) bond motifs is 3. The van der Waals surface area contributed by atoms with Crippen LogP contribution >= 0.6 is 0 Å². The molecule has 4 heteroatoms. The summed E-state index contributed by atoms with van der Waals surface area (Å²) >= 11 is 0. The van der Waals surface area contributed by atoms with Gasteiger partial charge in [0, 0.05) is 16.5 Å². The highest BCUT2D eigenvalue weighted by molar-refractivity contribution is 6.06. The molecule has 1 aromatic heterocycles. The molecule has 0 aliphatic heterocycles. The van der Waals surface area contributed by atoms with Gasteiger partial charge < -0.3 is 14.9 Å². The third-order valence-corrected chi connectivity index (χ3v) is 3.66. The van der Waals surface area contributed by atoms with Gasteiger partial charge in [-0.2, -0.15) is 0 Å². The average Bonchev–Trinajstić information content (AvgIpc) is 2.83. The van der Waals surface area contributed by atoms with E-state index in [4.69, 9.17) is 14.9 Å². The molecular formula is C17H17NO3. The maximum atomic E-state index is 11.8. The molecule has 108 valence electrons. The predicted molar refractivity (Wildman–Crippen MR) is 83.2 cm³/mol. The van der Waals surface area contributed by atoms with E-state index in [1.807, 2.05) is 43.3 Å². The highest BCUT2D eigenvalue weighted by Gasteiger charge is 2.18. The Morgan fingerprint density at radius 2 is 2.00 bits per heavy atom. The summed E-state index contributed by atoms with van der Waals surface area (Å²) in [6.07, 6.45) is 0. The van der Waals surface area contributed by atoms with Crippen molar-refractivity contribution in [2.75, 3.05) is 12.3 Å². The van der Waals surface area contributed by atoms with Gasteiger partial charge in [-0.1, -0.05) is 12.1 Å². The molecule has 1 heterocycles. The van der Waals surface area contributed by atoms with E-state index in [0.717, 1.165) is 27.5 Å². The van der Waals surface area contributed by atoms with Gasteiger partial charge in [0.1, 0.15) is 11.2 Å². The second-order valence-corrected chi connectivity index (χ2v) is 5.09. The van der Waals surface area contributed by atoms with E-state index in [0.29, 0.717) is 12.3 Å². The minimum absolute atomic E-state index is 0.225. The van der Waals surface area contributed by atoms with Crippen LogP contribution in [-0.2, 0) is 9.53 Å². The summed E-state index contributed by atoms with van der Waals surface area (Å²) in [6, 6.07) is 11.4. The minimum atomic E-state index is -0.312. The van der Waals surface area contributed by atoms with E-state index in [1.165, 1.54) is 0 Å². The molecule has 0 saturated carbocycles. The number of nitrogen functional groups attached to an aromatic ring is 1. The third kappa shape index (κ3) is 2.33. The highest BCUT2D eigenvalue weighted by atomic mass is 16.5. The standard InChI is InChI=1S/C17H17NO3/c1-3-20-17(19)10(2)11-4-6-13-14-9-12(18)5-7-15(14)21-16(13)8-11/h4-10H,3,18H2,1-2H3. The number of nitrogens with two attached hydrogens (primary N) is 1. The normalized spacial score (nSPS) is 12.7. The van der Waals surface area contributed by atoms with Gasteiger partial charge in [0.2, 0.25) is 0 Å². The molecule has 0 amide bonds. The Morgan fingerprint density at radius 3 is 2.76 bits per heavy atom. The zero-order valence-electron chi connectivity index (χ0n) is 12.1. The Hall–Kier alpha value is -2.49. The van der Waals surface area contributed by atoms with Crippen molar-refractivity contribution in [3.05, 3.63) is 42.0 Å². The molecule has 2 N–H and O–H groups in total. The van der Waals surface area contributed by atoms with Gasteiger partial charge in [0.15, 0.2) is 0 Å². The summed E-state index contributed by atoms with van der Waals surface area (Å²) in [6.45, 7) is 4.02. The zero-order chi connectivity index (χ0) is 15.0. The molecule has 3 aromatic rings. The van der Waals surface area contributed by atoms with E-state index in [2.05, 4.69) is 0 Å². The summed E-state index contributed by atoms with van der Waals surface area (Å²) in [4.78, 5) is 11.8. The van der Waals surface area contributed by atoms with Crippen molar-refractivity contribution in [2.45, 2.75) is 19.8 Å². The van der Waals surface area contributed by atoms with Crippen LogP contribution < -0.4 is 5.73 Å². The van der Waals surface area contributed by atoms with Crippen molar-refractivity contribution in [1.29, 1.82) is 0 Å². The summed E-state index contributed by atoms with van der Waals surface area (Å²) in [5.41, 5.74) is 8.95.